The minimum atomic E-state index is -3.55. The summed E-state index contributed by atoms with van der Waals surface area (Å²) >= 11 is 0. The van der Waals surface area contributed by atoms with E-state index in [1.54, 1.807) is 29.4 Å². The van der Waals surface area contributed by atoms with Crippen LogP contribution in [-0.4, -0.2) is 34.8 Å². The van der Waals surface area contributed by atoms with Crippen LogP contribution in [0.15, 0.2) is 41.8 Å². The number of nitrogens with zero attached hydrogens (tertiary/aromatic N) is 2. The van der Waals surface area contributed by atoms with Crippen LogP contribution in [0.25, 0.3) is 0 Å². The molecule has 21 heavy (non-hydrogen) atoms. The zero-order chi connectivity index (χ0) is 15.5. The Morgan fingerprint density at radius 1 is 1.38 bits per heavy atom. The summed E-state index contributed by atoms with van der Waals surface area (Å²) in [5.41, 5.74) is 0.610. The van der Waals surface area contributed by atoms with Gasteiger partial charge in [0.25, 0.3) is 0 Å². The number of sulfone groups is 1. The van der Waals surface area contributed by atoms with Crippen LogP contribution in [-0.2, 0) is 22.8 Å². The Hall–Kier alpha value is -2.15. The normalized spacial score (nSPS) is 11.5. The smallest absolute Gasteiger partial charge is 0.335 e. The van der Waals surface area contributed by atoms with Crippen LogP contribution in [0.1, 0.15) is 22.8 Å². The lowest BCUT2D eigenvalue weighted by Crippen LogP contribution is -2.15. The van der Waals surface area contributed by atoms with Gasteiger partial charge in [0.1, 0.15) is 0 Å². The Labute approximate surface area is 123 Å². The standard InChI is InChI=1S/C14H16N2O4S/c1-2-11-3-4-12(14(17)18)9-13(11)21(19,20)8-7-16-6-5-15-10-16/h3-6,9-10H,2,7-8H2,1H3,(H,17,18). The first-order chi connectivity index (χ1) is 9.94. The molecule has 0 aliphatic rings. The second-order valence-corrected chi connectivity index (χ2v) is 6.68. The monoisotopic (exact) mass is 308 g/mol. The molecule has 0 aliphatic heterocycles. The first kappa shape index (κ1) is 15.2. The molecular weight excluding hydrogens is 292 g/mol. The molecule has 0 radical (unpaired) electrons. The van der Waals surface area contributed by atoms with E-state index in [1.807, 2.05) is 6.92 Å². The van der Waals surface area contributed by atoms with Gasteiger partial charge in [0, 0.05) is 18.9 Å². The Kier molecular flexibility index (Phi) is 4.42. The van der Waals surface area contributed by atoms with Gasteiger partial charge in [-0.05, 0) is 24.1 Å². The largest absolute Gasteiger partial charge is 0.478 e. The predicted octanol–water partition coefficient (Wildman–Crippen LogP) is 1.62. The topological polar surface area (TPSA) is 89.3 Å². The van der Waals surface area contributed by atoms with Gasteiger partial charge in [0.2, 0.25) is 0 Å². The van der Waals surface area contributed by atoms with Gasteiger partial charge >= 0.3 is 5.97 Å². The van der Waals surface area contributed by atoms with Crippen molar-refractivity contribution < 1.29 is 18.3 Å². The lowest BCUT2D eigenvalue weighted by Gasteiger charge is -2.10. The van der Waals surface area contributed by atoms with Gasteiger partial charge in [-0.25, -0.2) is 18.2 Å². The van der Waals surface area contributed by atoms with Crippen molar-refractivity contribution >= 4 is 15.8 Å². The lowest BCUT2D eigenvalue weighted by molar-refractivity contribution is 0.0696. The Morgan fingerprint density at radius 2 is 2.14 bits per heavy atom. The van der Waals surface area contributed by atoms with Crippen molar-refractivity contribution in [2.75, 3.05) is 5.75 Å². The average molecular weight is 308 g/mol. The molecule has 1 heterocycles. The van der Waals surface area contributed by atoms with E-state index in [2.05, 4.69) is 4.98 Å². The van der Waals surface area contributed by atoms with Crippen LogP contribution < -0.4 is 0 Å². The van der Waals surface area contributed by atoms with Crippen LogP contribution in [0.4, 0.5) is 0 Å². The molecule has 112 valence electrons. The molecule has 6 nitrogen and oxygen atoms in total. The highest BCUT2D eigenvalue weighted by atomic mass is 32.2. The molecule has 7 heteroatoms. The second-order valence-electron chi connectivity index (χ2n) is 4.60. The first-order valence-corrected chi connectivity index (χ1v) is 8.14. The molecule has 0 spiro atoms. The number of aromatic nitrogens is 2. The van der Waals surface area contributed by atoms with Gasteiger partial charge in [-0.1, -0.05) is 13.0 Å². The third-order valence-corrected chi connectivity index (χ3v) is 4.98. The fourth-order valence-corrected chi connectivity index (χ4v) is 3.61. The Morgan fingerprint density at radius 3 is 2.71 bits per heavy atom. The van der Waals surface area contributed by atoms with E-state index in [-0.39, 0.29) is 22.8 Å². The van der Waals surface area contributed by atoms with Crippen molar-refractivity contribution in [3.05, 3.63) is 48.0 Å². The van der Waals surface area contributed by atoms with Crippen LogP contribution in [0.5, 0.6) is 0 Å². The van der Waals surface area contributed by atoms with E-state index < -0.39 is 15.8 Å². The number of carboxylic acids is 1. The average Bonchev–Trinajstić information content (AvgIpc) is 2.98. The lowest BCUT2D eigenvalue weighted by atomic mass is 10.1. The number of carboxylic acid groups (broad SMARTS) is 1. The summed E-state index contributed by atoms with van der Waals surface area (Å²) < 4.78 is 26.6. The van der Waals surface area contributed by atoms with E-state index in [4.69, 9.17) is 5.11 Å². The highest BCUT2D eigenvalue weighted by Crippen LogP contribution is 2.20. The maximum Gasteiger partial charge on any atom is 0.335 e. The van der Waals surface area contributed by atoms with Crippen LogP contribution in [0, 0.1) is 0 Å². The molecule has 0 amide bonds. The van der Waals surface area contributed by atoms with Crippen molar-refractivity contribution in [2.45, 2.75) is 24.8 Å². The zero-order valence-corrected chi connectivity index (χ0v) is 12.4. The van der Waals surface area contributed by atoms with E-state index in [9.17, 15) is 13.2 Å². The summed E-state index contributed by atoms with van der Waals surface area (Å²) in [6.45, 7) is 2.12. The summed E-state index contributed by atoms with van der Waals surface area (Å²) in [6, 6.07) is 4.23. The summed E-state index contributed by atoms with van der Waals surface area (Å²) in [5, 5.41) is 9.01. The fraction of sp³-hybridized carbons (Fsp3) is 0.286. The third-order valence-electron chi connectivity index (χ3n) is 3.21. The Balaban J connectivity index is 2.33. The van der Waals surface area contributed by atoms with Crippen molar-refractivity contribution in [2.24, 2.45) is 0 Å². The van der Waals surface area contributed by atoms with Gasteiger partial charge in [0.05, 0.1) is 22.5 Å². The quantitative estimate of drug-likeness (QED) is 0.876. The summed E-state index contributed by atoms with van der Waals surface area (Å²) in [4.78, 5) is 15.0. The van der Waals surface area contributed by atoms with Gasteiger partial charge in [-0.3, -0.25) is 0 Å². The number of benzene rings is 1. The van der Waals surface area contributed by atoms with Crippen molar-refractivity contribution in [3.8, 4) is 0 Å². The molecule has 1 aromatic carbocycles. The number of aromatic carboxylic acids is 1. The number of hydrogen-bond donors (Lipinski definition) is 1. The Bertz CT molecular complexity index is 736. The van der Waals surface area contributed by atoms with E-state index in [0.29, 0.717) is 12.0 Å². The molecule has 0 unspecified atom stereocenters. The molecule has 0 aliphatic carbocycles. The third kappa shape index (κ3) is 3.49. The number of aryl methyl sites for hydroxylation is 2. The molecule has 0 saturated heterocycles. The molecule has 0 saturated carbocycles. The van der Waals surface area contributed by atoms with E-state index >= 15 is 0 Å². The highest BCUT2D eigenvalue weighted by Gasteiger charge is 2.20. The van der Waals surface area contributed by atoms with Gasteiger partial charge in [-0.2, -0.15) is 0 Å². The van der Waals surface area contributed by atoms with E-state index in [0.717, 1.165) is 0 Å². The van der Waals surface area contributed by atoms with Crippen LogP contribution >= 0.6 is 0 Å². The van der Waals surface area contributed by atoms with Crippen LogP contribution in [0.3, 0.4) is 0 Å². The van der Waals surface area contributed by atoms with Crippen molar-refractivity contribution in [1.82, 2.24) is 9.55 Å². The van der Waals surface area contributed by atoms with Gasteiger partial charge < -0.3 is 9.67 Å². The van der Waals surface area contributed by atoms with Gasteiger partial charge in [0.15, 0.2) is 9.84 Å². The highest BCUT2D eigenvalue weighted by molar-refractivity contribution is 7.91. The molecule has 0 bridgehead atoms. The molecule has 1 aromatic heterocycles. The molecule has 0 atom stereocenters. The van der Waals surface area contributed by atoms with E-state index in [1.165, 1.54) is 12.1 Å². The summed E-state index contributed by atoms with van der Waals surface area (Å²) in [7, 11) is -3.55. The molecule has 0 fully saturated rings. The number of hydrogen-bond acceptors (Lipinski definition) is 4. The fourth-order valence-electron chi connectivity index (χ4n) is 2.02. The maximum absolute atomic E-state index is 12.5. The zero-order valence-electron chi connectivity index (χ0n) is 11.6. The SMILES string of the molecule is CCc1ccc(C(=O)O)cc1S(=O)(=O)CCn1ccnc1. The first-order valence-electron chi connectivity index (χ1n) is 6.48. The van der Waals surface area contributed by atoms with Crippen molar-refractivity contribution in [3.63, 3.8) is 0 Å². The summed E-state index contributed by atoms with van der Waals surface area (Å²) in [6.07, 6.45) is 5.34. The number of carbonyl (C=O) groups is 1. The molecule has 2 rings (SSSR count). The molecular formula is C14H16N2O4S. The molecule has 1 N–H and O–H groups in total. The molecule has 2 aromatic rings. The summed E-state index contributed by atoms with van der Waals surface area (Å²) in [5.74, 6) is -1.23. The van der Waals surface area contributed by atoms with Gasteiger partial charge in [-0.15, -0.1) is 0 Å². The van der Waals surface area contributed by atoms with Crippen LogP contribution in [0.2, 0.25) is 0 Å². The second kappa shape index (κ2) is 6.09. The predicted molar refractivity (Wildman–Crippen MR) is 77.1 cm³/mol. The number of imidazole rings is 1. The number of rotatable bonds is 6. The minimum Gasteiger partial charge on any atom is -0.478 e. The van der Waals surface area contributed by atoms with Crippen molar-refractivity contribution in [1.29, 1.82) is 0 Å². The maximum atomic E-state index is 12.5. The minimum absolute atomic E-state index is 0.0200.